The van der Waals surface area contributed by atoms with E-state index in [0.29, 0.717) is 11.8 Å². The van der Waals surface area contributed by atoms with Gasteiger partial charge in [-0.3, -0.25) is 19.3 Å². The molecule has 0 N–H and O–H groups in total. The van der Waals surface area contributed by atoms with Crippen LogP contribution in [0, 0.1) is 29.6 Å². The number of amides is 2. The van der Waals surface area contributed by atoms with Crippen molar-refractivity contribution in [3.8, 4) is 0 Å². The molecule has 1 aliphatic heterocycles. The molecule has 7 atom stereocenters. The third-order valence-corrected chi connectivity index (χ3v) is 6.46. The number of imide groups is 1. The Kier molecular flexibility index (Phi) is 3.70. The van der Waals surface area contributed by atoms with Crippen LogP contribution in [0.2, 0.25) is 0 Å². The van der Waals surface area contributed by atoms with Crippen molar-refractivity contribution < 1.29 is 28.7 Å². The summed E-state index contributed by atoms with van der Waals surface area (Å²) in [5, 5.41) is 0. The molecule has 7 unspecified atom stereocenters. The minimum atomic E-state index is -0.675. The predicted molar refractivity (Wildman–Crippen MR) is 83.7 cm³/mol. The number of carbonyl (C=O) groups excluding carboxylic acids is 4. The van der Waals surface area contributed by atoms with Crippen molar-refractivity contribution >= 4 is 23.8 Å². The number of hydrogen-bond acceptors (Lipinski definition) is 6. The Morgan fingerprint density at radius 1 is 1.16 bits per heavy atom. The van der Waals surface area contributed by atoms with E-state index in [9.17, 15) is 19.2 Å². The van der Waals surface area contributed by atoms with Crippen LogP contribution in [0.15, 0.2) is 12.7 Å². The average molecular weight is 347 g/mol. The van der Waals surface area contributed by atoms with E-state index in [2.05, 4.69) is 6.58 Å². The van der Waals surface area contributed by atoms with Gasteiger partial charge >= 0.3 is 11.9 Å². The molecule has 7 heteroatoms. The standard InChI is InChI=1S/C18H21NO6/c1-3-15(22)24-7-14(21)19-17-13-6-12(16(17)18(19)23)10-4-9(5-11(10)13)25-8(2)20/h3,9-13,16-17H,1,4-7H2,2H3. The van der Waals surface area contributed by atoms with Gasteiger partial charge in [0.05, 0.1) is 12.0 Å². The van der Waals surface area contributed by atoms with Crippen molar-refractivity contribution in [3.63, 3.8) is 0 Å². The maximum atomic E-state index is 12.5. The Balaban J connectivity index is 1.44. The van der Waals surface area contributed by atoms with Crippen LogP contribution in [0.1, 0.15) is 26.2 Å². The molecule has 4 fully saturated rings. The normalized spacial score (nSPS) is 40.1. The molecule has 0 spiro atoms. The van der Waals surface area contributed by atoms with Crippen molar-refractivity contribution in [2.75, 3.05) is 6.61 Å². The summed E-state index contributed by atoms with van der Waals surface area (Å²) in [6.07, 6.45) is 3.52. The largest absolute Gasteiger partial charge is 0.463 e. The fraction of sp³-hybridized carbons (Fsp3) is 0.667. The maximum absolute atomic E-state index is 12.5. The maximum Gasteiger partial charge on any atom is 0.330 e. The number of nitrogens with zero attached hydrogens (tertiary/aromatic N) is 1. The third kappa shape index (κ3) is 2.32. The van der Waals surface area contributed by atoms with Crippen molar-refractivity contribution in [1.82, 2.24) is 4.90 Å². The lowest BCUT2D eigenvalue weighted by atomic mass is 9.67. The summed E-state index contributed by atoms with van der Waals surface area (Å²) in [7, 11) is 0. The second-order valence-corrected chi connectivity index (χ2v) is 7.52. The lowest BCUT2D eigenvalue weighted by Crippen LogP contribution is -2.67. The highest BCUT2D eigenvalue weighted by atomic mass is 16.5. The SMILES string of the molecule is C=CC(=O)OCC(=O)N1C(=O)C2C3CC(C4CC(OC(C)=O)CC43)C21. The molecule has 3 aliphatic carbocycles. The molecule has 0 aromatic carbocycles. The van der Waals surface area contributed by atoms with Gasteiger partial charge in [0.25, 0.3) is 5.91 Å². The summed E-state index contributed by atoms with van der Waals surface area (Å²) in [4.78, 5) is 48.4. The molecule has 0 radical (unpaired) electrons. The highest BCUT2D eigenvalue weighted by molar-refractivity contribution is 6.03. The first kappa shape index (κ1) is 16.3. The molecule has 4 rings (SSSR count). The molecule has 4 aliphatic rings. The Morgan fingerprint density at radius 2 is 1.84 bits per heavy atom. The van der Waals surface area contributed by atoms with Crippen LogP contribution in [0.4, 0.5) is 0 Å². The summed E-state index contributed by atoms with van der Waals surface area (Å²) < 4.78 is 10.1. The second kappa shape index (κ2) is 5.68. The summed E-state index contributed by atoms with van der Waals surface area (Å²) in [6.45, 7) is 4.27. The van der Waals surface area contributed by atoms with Gasteiger partial charge in [0, 0.05) is 13.0 Å². The van der Waals surface area contributed by atoms with Crippen LogP contribution in [-0.2, 0) is 28.7 Å². The van der Waals surface area contributed by atoms with Crippen LogP contribution in [0.5, 0.6) is 0 Å². The number of fused-ring (bicyclic) bond motifs is 8. The van der Waals surface area contributed by atoms with Crippen LogP contribution >= 0.6 is 0 Å². The van der Waals surface area contributed by atoms with E-state index in [4.69, 9.17) is 9.47 Å². The number of ether oxygens (including phenoxy) is 2. The zero-order valence-electron chi connectivity index (χ0n) is 14.1. The molecule has 0 aromatic rings. The molecule has 7 nitrogen and oxygen atoms in total. The quantitative estimate of drug-likeness (QED) is 0.422. The lowest BCUT2D eigenvalue weighted by molar-refractivity contribution is -0.176. The molecule has 0 aromatic heterocycles. The number of rotatable bonds is 4. The number of hydrogen-bond donors (Lipinski definition) is 0. The van der Waals surface area contributed by atoms with Gasteiger partial charge in [-0.15, -0.1) is 0 Å². The molecular formula is C18H21NO6. The molecule has 1 saturated heterocycles. The Morgan fingerprint density at radius 3 is 2.48 bits per heavy atom. The van der Waals surface area contributed by atoms with Crippen LogP contribution in [0.3, 0.4) is 0 Å². The van der Waals surface area contributed by atoms with E-state index < -0.39 is 18.5 Å². The molecule has 2 bridgehead atoms. The topological polar surface area (TPSA) is 90.0 Å². The zero-order chi connectivity index (χ0) is 17.9. The highest BCUT2D eigenvalue weighted by Gasteiger charge is 2.70. The average Bonchev–Trinajstić information content (AvgIpc) is 3.19. The van der Waals surface area contributed by atoms with Gasteiger partial charge in [-0.05, 0) is 42.9 Å². The van der Waals surface area contributed by atoms with Gasteiger partial charge in [0.1, 0.15) is 6.10 Å². The van der Waals surface area contributed by atoms with E-state index in [1.807, 2.05) is 0 Å². The van der Waals surface area contributed by atoms with Crippen LogP contribution < -0.4 is 0 Å². The molecule has 2 amide bonds. The molecule has 25 heavy (non-hydrogen) atoms. The van der Waals surface area contributed by atoms with Gasteiger partial charge in [-0.1, -0.05) is 6.58 Å². The van der Waals surface area contributed by atoms with E-state index in [-0.39, 0.29) is 41.8 Å². The minimum absolute atomic E-state index is 0.0666. The summed E-state index contributed by atoms with van der Waals surface area (Å²) in [5.74, 6) is -0.272. The first-order chi connectivity index (χ1) is 11.9. The number of β-lactam (4-membered cyclic amide) rings is 1. The first-order valence-electron chi connectivity index (χ1n) is 8.74. The summed E-state index contributed by atoms with van der Waals surface area (Å²) in [6, 6.07) is -0.0789. The molecule has 1 heterocycles. The Bertz CT molecular complexity index is 672. The summed E-state index contributed by atoms with van der Waals surface area (Å²) in [5.41, 5.74) is 0. The fourth-order valence-corrected chi connectivity index (χ4v) is 5.81. The zero-order valence-corrected chi connectivity index (χ0v) is 14.1. The van der Waals surface area contributed by atoms with Crippen LogP contribution in [-0.4, -0.2) is 47.4 Å². The predicted octanol–water partition coefficient (Wildman–Crippen LogP) is 0.677. The second-order valence-electron chi connectivity index (χ2n) is 7.52. The monoisotopic (exact) mass is 347 g/mol. The van der Waals surface area contributed by atoms with Crippen molar-refractivity contribution in [2.24, 2.45) is 29.6 Å². The Hall–Kier alpha value is -2.18. The number of carbonyl (C=O) groups is 4. The molecular weight excluding hydrogens is 326 g/mol. The van der Waals surface area contributed by atoms with Gasteiger partial charge in [-0.25, -0.2) is 4.79 Å². The molecule has 3 saturated carbocycles. The minimum Gasteiger partial charge on any atom is -0.463 e. The number of likely N-dealkylation sites (tertiary alicyclic amines) is 1. The van der Waals surface area contributed by atoms with E-state index in [0.717, 1.165) is 25.3 Å². The fourth-order valence-electron chi connectivity index (χ4n) is 5.81. The molecule has 134 valence electrons. The van der Waals surface area contributed by atoms with Crippen molar-refractivity contribution in [2.45, 2.75) is 38.3 Å². The summed E-state index contributed by atoms with van der Waals surface area (Å²) >= 11 is 0. The van der Waals surface area contributed by atoms with Gasteiger partial charge in [0.2, 0.25) is 5.91 Å². The van der Waals surface area contributed by atoms with E-state index in [1.54, 1.807) is 0 Å². The van der Waals surface area contributed by atoms with E-state index in [1.165, 1.54) is 11.8 Å². The van der Waals surface area contributed by atoms with Crippen molar-refractivity contribution in [3.05, 3.63) is 12.7 Å². The highest BCUT2D eigenvalue weighted by Crippen LogP contribution is 2.65. The first-order valence-corrected chi connectivity index (χ1v) is 8.74. The third-order valence-electron chi connectivity index (χ3n) is 6.46. The van der Waals surface area contributed by atoms with Gasteiger partial charge in [-0.2, -0.15) is 0 Å². The van der Waals surface area contributed by atoms with Gasteiger partial charge < -0.3 is 9.47 Å². The number of esters is 2. The van der Waals surface area contributed by atoms with Crippen LogP contribution in [0.25, 0.3) is 0 Å². The van der Waals surface area contributed by atoms with Gasteiger partial charge in [0.15, 0.2) is 6.61 Å². The van der Waals surface area contributed by atoms with Crippen molar-refractivity contribution in [1.29, 1.82) is 0 Å². The Labute approximate surface area is 145 Å². The van der Waals surface area contributed by atoms with E-state index >= 15 is 0 Å². The smallest absolute Gasteiger partial charge is 0.330 e. The lowest BCUT2D eigenvalue weighted by Gasteiger charge is -2.51.